The molecule has 94 valence electrons. The van der Waals surface area contributed by atoms with Gasteiger partial charge < -0.3 is 10.4 Å². The Balaban J connectivity index is 2.02. The topological polar surface area (TPSA) is 75.1 Å². The lowest BCUT2D eigenvalue weighted by atomic mass is 10.0. The molecule has 0 bridgehead atoms. The first-order valence-electron chi connectivity index (χ1n) is 5.91. The van der Waals surface area contributed by atoms with Gasteiger partial charge in [0, 0.05) is 23.5 Å². The van der Waals surface area contributed by atoms with Crippen molar-refractivity contribution in [2.45, 2.75) is 45.1 Å². The van der Waals surface area contributed by atoms with E-state index in [2.05, 4.69) is 14.7 Å². The molecule has 1 aliphatic rings. The summed E-state index contributed by atoms with van der Waals surface area (Å²) < 4.78 is 4.25. The highest BCUT2D eigenvalue weighted by Gasteiger charge is 2.33. The van der Waals surface area contributed by atoms with Gasteiger partial charge >= 0.3 is 5.97 Å². The number of carboxylic acids is 1. The van der Waals surface area contributed by atoms with E-state index in [0.717, 1.165) is 30.2 Å². The molecule has 17 heavy (non-hydrogen) atoms. The molecule has 1 saturated carbocycles. The second-order valence-electron chi connectivity index (χ2n) is 4.74. The van der Waals surface area contributed by atoms with Gasteiger partial charge in [0.05, 0.1) is 5.92 Å². The summed E-state index contributed by atoms with van der Waals surface area (Å²) in [6, 6.07) is 0.000428. The highest BCUT2D eigenvalue weighted by atomic mass is 32.1. The van der Waals surface area contributed by atoms with Gasteiger partial charge in [0.15, 0.2) is 0 Å². The van der Waals surface area contributed by atoms with Crippen molar-refractivity contribution in [2.75, 3.05) is 5.32 Å². The van der Waals surface area contributed by atoms with Crippen LogP contribution in [-0.4, -0.2) is 26.5 Å². The predicted molar refractivity (Wildman–Crippen MR) is 66.4 cm³/mol. The number of carbonyl (C=O) groups is 1. The van der Waals surface area contributed by atoms with Crippen molar-refractivity contribution in [1.82, 2.24) is 9.36 Å². The van der Waals surface area contributed by atoms with Gasteiger partial charge in [0.25, 0.3) is 0 Å². The Morgan fingerprint density at radius 1 is 1.53 bits per heavy atom. The van der Waals surface area contributed by atoms with Crippen LogP contribution in [0.15, 0.2) is 0 Å². The number of hydrogen-bond acceptors (Lipinski definition) is 5. The number of anilines is 1. The minimum absolute atomic E-state index is 0.000428. The molecule has 0 spiro atoms. The fourth-order valence-corrected chi connectivity index (χ4v) is 2.89. The van der Waals surface area contributed by atoms with Crippen LogP contribution < -0.4 is 5.32 Å². The lowest BCUT2D eigenvalue weighted by molar-refractivity contribution is -0.141. The van der Waals surface area contributed by atoms with Gasteiger partial charge in [-0.15, -0.1) is 0 Å². The Morgan fingerprint density at radius 3 is 2.88 bits per heavy atom. The first kappa shape index (κ1) is 12.3. The Kier molecular flexibility index (Phi) is 3.61. The van der Waals surface area contributed by atoms with Crippen LogP contribution in [0.4, 0.5) is 5.13 Å². The second kappa shape index (κ2) is 5.00. The third-order valence-electron chi connectivity index (χ3n) is 3.10. The van der Waals surface area contributed by atoms with Gasteiger partial charge in [-0.3, -0.25) is 4.79 Å². The first-order valence-corrected chi connectivity index (χ1v) is 6.68. The molecule has 0 radical (unpaired) electrons. The monoisotopic (exact) mass is 255 g/mol. The quantitative estimate of drug-likeness (QED) is 0.863. The Labute approximate surface area is 104 Å². The first-order chi connectivity index (χ1) is 8.08. The maximum atomic E-state index is 11.0. The highest BCUT2D eigenvalue weighted by molar-refractivity contribution is 7.09. The van der Waals surface area contributed by atoms with Crippen molar-refractivity contribution in [3.63, 3.8) is 0 Å². The maximum Gasteiger partial charge on any atom is 0.308 e. The zero-order valence-electron chi connectivity index (χ0n) is 10.0. The summed E-state index contributed by atoms with van der Waals surface area (Å²) in [6.45, 7) is 4.09. The van der Waals surface area contributed by atoms with Crippen LogP contribution in [0.5, 0.6) is 0 Å². The van der Waals surface area contributed by atoms with Crippen molar-refractivity contribution in [1.29, 1.82) is 0 Å². The standard InChI is InChI=1S/C11H17N3O2S/c1-6(2)9-13-11(17-14-9)12-8-5-3-4-7(8)10(15)16/h6-8H,3-5H2,1-2H3,(H,15,16)(H,12,13,14). The summed E-state index contributed by atoms with van der Waals surface area (Å²) in [4.78, 5) is 15.4. The third kappa shape index (κ3) is 2.74. The number of hydrogen-bond donors (Lipinski definition) is 2. The largest absolute Gasteiger partial charge is 0.481 e. The smallest absolute Gasteiger partial charge is 0.308 e. The summed E-state index contributed by atoms with van der Waals surface area (Å²) in [5.41, 5.74) is 0. The Hall–Kier alpha value is -1.17. The van der Waals surface area contributed by atoms with Gasteiger partial charge in [0.2, 0.25) is 5.13 Å². The van der Waals surface area contributed by atoms with E-state index in [9.17, 15) is 4.79 Å². The van der Waals surface area contributed by atoms with Gasteiger partial charge in [-0.05, 0) is 12.8 Å². The Bertz CT molecular complexity index is 405. The number of aromatic nitrogens is 2. The molecule has 1 aromatic rings. The lowest BCUT2D eigenvalue weighted by Gasteiger charge is -2.16. The van der Waals surface area contributed by atoms with E-state index in [1.165, 1.54) is 11.5 Å². The fraction of sp³-hybridized carbons (Fsp3) is 0.727. The number of nitrogens with zero attached hydrogens (tertiary/aromatic N) is 2. The van der Waals surface area contributed by atoms with Gasteiger partial charge in [-0.1, -0.05) is 20.3 Å². The molecule has 2 atom stereocenters. The summed E-state index contributed by atoms with van der Waals surface area (Å²) in [7, 11) is 0. The third-order valence-corrected chi connectivity index (χ3v) is 3.76. The summed E-state index contributed by atoms with van der Waals surface area (Å²) in [5, 5.41) is 13.0. The second-order valence-corrected chi connectivity index (χ2v) is 5.49. The average Bonchev–Trinajstić information content (AvgIpc) is 2.86. The molecule has 1 aliphatic carbocycles. The number of aliphatic carboxylic acids is 1. The highest BCUT2D eigenvalue weighted by Crippen LogP contribution is 2.29. The molecule has 0 aromatic carbocycles. The van der Waals surface area contributed by atoms with E-state index in [0.29, 0.717) is 5.92 Å². The molecule has 2 unspecified atom stereocenters. The number of nitrogens with one attached hydrogen (secondary N) is 1. The van der Waals surface area contributed by atoms with Crippen LogP contribution >= 0.6 is 11.5 Å². The molecule has 0 amide bonds. The Morgan fingerprint density at radius 2 is 2.29 bits per heavy atom. The zero-order chi connectivity index (χ0) is 12.4. The summed E-state index contributed by atoms with van der Waals surface area (Å²) in [5.74, 6) is 0.123. The SMILES string of the molecule is CC(C)c1nsc(NC2CCCC2C(=O)O)n1. The van der Waals surface area contributed by atoms with E-state index < -0.39 is 5.97 Å². The normalized spacial score (nSPS) is 24.2. The lowest BCUT2D eigenvalue weighted by Crippen LogP contribution is -2.29. The van der Waals surface area contributed by atoms with Crippen LogP contribution in [0.2, 0.25) is 0 Å². The molecule has 1 heterocycles. The molecule has 5 nitrogen and oxygen atoms in total. The van der Waals surface area contributed by atoms with Crippen LogP contribution in [0.25, 0.3) is 0 Å². The van der Waals surface area contributed by atoms with Gasteiger partial charge in [-0.2, -0.15) is 4.37 Å². The molecular formula is C11H17N3O2S. The minimum atomic E-state index is -0.714. The molecule has 0 saturated heterocycles. The predicted octanol–water partition coefficient (Wildman–Crippen LogP) is 2.33. The zero-order valence-corrected chi connectivity index (χ0v) is 10.8. The van der Waals surface area contributed by atoms with Crippen molar-refractivity contribution in [3.05, 3.63) is 5.82 Å². The van der Waals surface area contributed by atoms with Crippen LogP contribution in [-0.2, 0) is 4.79 Å². The minimum Gasteiger partial charge on any atom is -0.481 e. The average molecular weight is 255 g/mol. The number of carboxylic acid groups (broad SMARTS) is 1. The summed E-state index contributed by atoms with van der Waals surface area (Å²) >= 11 is 1.31. The number of rotatable bonds is 4. The van der Waals surface area contributed by atoms with Crippen molar-refractivity contribution in [2.24, 2.45) is 5.92 Å². The molecule has 1 aromatic heterocycles. The summed E-state index contributed by atoms with van der Waals surface area (Å²) in [6.07, 6.45) is 2.61. The van der Waals surface area contributed by atoms with E-state index >= 15 is 0 Å². The molecule has 1 fully saturated rings. The van der Waals surface area contributed by atoms with Crippen molar-refractivity contribution in [3.8, 4) is 0 Å². The molecule has 0 aliphatic heterocycles. The van der Waals surface area contributed by atoms with Gasteiger partial charge in [0.1, 0.15) is 5.82 Å². The molecule has 2 N–H and O–H groups in total. The van der Waals surface area contributed by atoms with E-state index in [4.69, 9.17) is 5.11 Å². The fourth-order valence-electron chi connectivity index (χ4n) is 2.11. The van der Waals surface area contributed by atoms with Crippen molar-refractivity contribution >= 4 is 22.6 Å². The van der Waals surface area contributed by atoms with Crippen LogP contribution in [0.1, 0.15) is 44.9 Å². The van der Waals surface area contributed by atoms with Crippen LogP contribution in [0.3, 0.4) is 0 Å². The van der Waals surface area contributed by atoms with Crippen LogP contribution in [0, 0.1) is 5.92 Å². The van der Waals surface area contributed by atoms with E-state index in [1.54, 1.807) is 0 Å². The molecule has 2 rings (SSSR count). The molecule has 6 heteroatoms. The van der Waals surface area contributed by atoms with Crippen molar-refractivity contribution < 1.29 is 9.90 Å². The van der Waals surface area contributed by atoms with E-state index in [-0.39, 0.29) is 12.0 Å². The maximum absolute atomic E-state index is 11.0. The van der Waals surface area contributed by atoms with E-state index in [1.807, 2.05) is 13.8 Å². The van der Waals surface area contributed by atoms with Gasteiger partial charge in [-0.25, -0.2) is 4.98 Å². The molecular weight excluding hydrogens is 238 g/mol.